The number of aryl methyl sites for hydroxylation is 1. The monoisotopic (exact) mass is 271 g/mol. The zero-order valence-corrected chi connectivity index (χ0v) is 12.2. The minimum atomic E-state index is -3.69. The van der Waals surface area contributed by atoms with Gasteiger partial charge in [0.2, 0.25) is 0 Å². The molecular weight excluding hydrogens is 250 g/mol. The van der Waals surface area contributed by atoms with Crippen LogP contribution in [0.25, 0.3) is 0 Å². The molecule has 0 aliphatic rings. The second kappa shape index (κ2) is 5.82. The normalized spacial score (nSPS) is 12.7. The van der Waals surface area contributed by atoms with E-state index in [2.05, 4.69) is 5.32 Å². The molecule has 5 heteroatoms. The Kier molecular flexibility index (Phi) is 4.90. The highest BCUT2D eigenvalue weighted by Gasteiger charge is 2.27. The fraction of sp³-hybridized carbons (Fsp3) is 0.538. The maximum Gasteiger partial charge on any atom is 0.297 e. The largest absolute Gasteiger partial charge is 0.320 e. The van der Waals surface area contributed by atoms with Crippen molar-refractivity contribution in [2.24, 2.45) is 0 Å². The molecule has 0 atom stereocenters. The quantitative estimate of drug-likeness (QED) is 0.805. The smallest absolute Gasteiger partial charge is 0.297 e. The van der Waals surface area contributed by atoms with Gasteiger partial charge in [-0.05, 0) is 52.9 Å². The lowest BCUT2D eigenvalue weighted by Gasteiger charge is -2.24. The van der Waals surface area contributed by atoms with Crippen LogP contribution in [0.5, 0.6) is 0 Å². The van der Waals surface area contributed by atoms with Crippen LogP contribution in [-0.4, -0.2) is 27.6 Å². The molecule has 0 aliphatic heterocycles. The van der Waals surface area contributed by atoms with Crippen molar-refractivity contribution in [1.82, 2.24) is 5.32 Å². The third kappa shape index (κ3) is 4.40. The standard InChI is InChI=1S/C13H21NO3S/c1-11-5-7-12(8-6-11)18(15,16)17-13(2,3)9-10-14-4/h5-8,14H,9-10H2,1-4H3. The summed E-state index contributed by atoms with van der Waals surface area (Å²) in [5.74, 6) is 0. The van der Waals surface area contributed by atoms with Gasteiger partial charge in [0.1, 0.15) is 0 Å². The summed E-state index contributed by atoms with van der Waals surface area (Å²) in [6.45, 7) is 6.16. The molecule has 0 aromatic heterocycles. The molecule has 0 spiro atoms. The predicted molar refractivity (Wildman–Crippen MR) is 72.1 cm³/mol. The Hall–Kier alpha value is -0.910. The van der Waals surface area contributed by atoms with Crippen molar-refractivity contribution in [1.29, 1.82) is 0 Å². The molecule has 0 aliphatic carbocycles. The highest BCUT2D eigenvalue weighted by molar-refractivity contribution is 7.86. The van der Waals surface area contributed by atoms with Crippen LogP contribution in [0.4, 0.5) is 0 Å². The Labute approximate surface area is 109 Å². The van der Waals surface area contributed by atoms with E-state index in [9.17, 15) is 8.42 Å². The zero-order chi connectivity index (χ0) is 13.8. The lowest BCUT2D eigenvalue weighted by molar-refractivity contribution is 0.108. The number of benzene rings is 1. The van der Waals surface area contributed by atoms with Gasteiger partial charge in [0, 0.05) is 0 Å². The summed E-state index contributed by atoms with van der Waals surface area (Å²) in [4.78, 5) is 0.200. The molecule has 0 heterocycles. The highest BCUT2D eigenvalue weighted by Crippen LogP contribution is 2.22. The third-order valence-corrected chi connectivity index (χ3v) is 4.14. The molecule has 1 aromatic carbocycles. The molecule has 18 heavy (non-hydrogen) atoms. The molecule has 0 bridgehead atoms. The Bertz CT molecular complexity index is 477. The van der Waals surface area contributed by atoms with Gasteiger partial charge < -0.3 is 5.32 Å². The van der Waals surface area contributed by atoms with Crippen molar-refractivity contribution in [2.45, 2.75) is 37.7 Å². The fourth-order valence-corrected chi connectivity index (χ4v) is 2.76. The third-order valence-electron chi connectivity index (χ3n) is 2.62. The first-order valence-corrected chi connectivity index (χ1v) is 7.34. The van der Waals surface area contributed by atoms with Crippen LogP contribution >= 0.6 is 0 Å². The van der Waals surface area contributed by atoms with Crippen LogP contribution in [0.2, 0.25) is 0 Å². The van der Waals surface area contributed by atoms with E-state index >= 15 is 0 Å². The summed E-state index contributed by atoms with van der Waals surface area (Å²) < 4.78 is 29.4. The van der Waals surface area contributed by atoms with E-state index in [1.807, 2.05) is 14.0 Å². The number of nitrogens with one attached hydrogen (secondary N) is 1. The van der Waals surface area contributed by atoms with E-state index in [4.69, 9.17) is 4.18 Å². The van der Waals surface area contributed by atoms with Gasteiger partial charge >= 0.3 is 0 Å². The second-order valence-corrected chi connectivity index (χ2v) is 6.51. The summed E-state index contributed by atoms with van der Waals surface area (Å²) in [6, 6.07) is 6.66. The second-order valence-electron chi connectivity index (χ2n) is 4.96. The van der Waals surface area contributed by atoms with Crippen molar-refractivity contribution in [2.75, 3.05) is 13.6 Å². The van der Waals surface area contributed by atoms with Crippen LogP contribution in [0, 0.1) is 6.92 Å². The lowest BCUT2D eigenvalue weighted by Crippen LogP contribution is -2.31. The zero-order valence-electron chi connectivity index (χ0n) is 11.4. The molecule has 0 saturated carbocycles. The van der Waals surface area contributed by atoms with E-state index in [0.717, 1.165) is 5.56 Å². The first kappa shape index (κ1) is 15.1. The summed E-state index contributed by atoms with van der Waals surface area (Å²) >= 11 is 0. The topological polar surface area (TPSA) is 55.4 Å². The molecule has 0 amide bonds. The van der Waals surface area contributed by atoms with Crippen LogP contribution in [0.3, 0.4) is 0 Å². The molecule has 1 aromatic rings. The summed E-state index contributed by atoms with van der Waals surface area (Å²) in [5.41, 5.74) is 0.301. The lowest BCUT2D eigenvalue weighted by atomic mass is 10.1. The molecule has 0 saturated heterocycles. The van der Waals surface area contributed by atoms with E-state index in [1.165, 1.54) is 0 Å². The molecule has 4 nitrogen and oxygen atoms in total. The molecule has 0 fully saturated rings. The highest BCUT2D eigenvalue weighted by atomic mass is 32.2. The Morgan fingerprint density at radius 2 is 1.78 bits per heavy atom. The molecule has 0 unspecified atom stereocenters. The average molecular weight is 271 g/mol. The molecule has 102 valence electrons. The molecule has 1 N–H and O–H groups in total. The van der Waals surface area contributed by atoms with E-state index in [0.29, 0.717) is 13.0 Å². The maximum absolute atomic E-state index is 12.1. The molecule has 0 radical (unpaired) electrons. The van der Waals surface area contributed by atoms with Crippen molar-refractivity contribution < 1.29 is 12.6 Å². The maximum atomic E-state index is 12.1. The Morgan fingerprint density at radius 3 is 2.28 bits per heavy atom. The summed E-state index contributed by atoms with van der Waals surface area (Å²) in [7, 11) is -1.87. The fourth-order valence-electron chi connectivity index (χ4n) is 1.52. The van der Waals surface area contributed by atoms with Gasteiger partial charge in [-0.2, -0.15) is 8.42 Å². The van der Waals surface area contributed by atoms with Crippen molar-refractivity contribution in [3.63, 3.8) is 0 Å². The summed E-state index contributed by atoms with van der Waals surface area (Å²) in [5, 5.41) is 2.98. The number of hydrogen-bond acceptors (Lipinski definition) is 4. The van der Waals surface area contributed by atoms with Crippen LogP contribution in [0.15, 0.2) is 29.2 Å². The number of hydrogen-bond donors (Lipinski definition) is 1. The van der Waals surface area contributed by atoms with Crippen molar-refractivity contribution in [3.05, 3.63) is 29.8 Å². The first-order chi connectivity index (χ1) is 8.27. The SMILES string of the molecule is CNCCC(C)(C)OS(=O)(=O)c1ccc(C)cc1. The summed E-state index contributed by atoms with van der Waals surface area (Å²) in [6.07, 6.45) is 0.620. The first-order valence-electron chi connectivity index (χ1n) is 5.94. The van der Waals surface area contributed by atoms with Crippen molar-refractivity contribution in [3.8, 4) is 0 Å². The van der Waals surface area contributed by atoms with E-state index < -0.39 is 15.7 Å². The van der Waals surface area contributed by atoms with E-state index in [-0.39, 0.29) is 4.90 Å². The van der Waals surface area contributed by atoms with Gasteiger partial charge in [-0.1, -0.05) is 17.7 Å². The van der Waals surface area contributed by atoms with Gasteiger partial charge in [-0.25, -0.2) is 0 Å². The molecule has 1 rings (SSSR count). The van der Waals surface area contributed by atoms with Gasteiger partial charge in [0.15, 0.2) is 0 Å². The Morgan fingerprint density at radius 1 is 1.22 bits per heavy atom. The van der Waals surface area contributed by atoms with E-state index in [1.54, 1.807) is 38.1 Å². The minimum Gasteiger partial charge on any atom is -0.320 e. The number of rotatable bonds is 6. The van der Waals surface area contributed by atoms with Gasteiger partial charge in [-0.3, -0.25) is 4.18 Å². The average Bonchev–Trinajstić information content (AvgIpc) is 2.25. The predicted octanol–water partition coefficient (Wildman–Crippen LogP) is 2.09. The van der Waals surface area contributed by atoms with Crippen LogP contribution in [-0.2, 0) is 14.3 Å². The van der Waals surface area contributed by atoms with Crippen LogP contribution < -0.4 is 5.32 Å². The molecular formula is C13H21NO3S. The van der Waals surface area contributed by atoms with Gasteiger partial charge in [-0.15, -0.1) is 0 Å². The van der Waals surface area contributed by atoms with Gasteiger partial charge in [0.05, 0.1) is 10.5 Å². The van der Waals surface area contributed by atoms with Crippen molar-refractivity contribution >= 4 is 10.1 Å². The minimum absolute atomic E-state index is 0.200. The van der Waals surface area contributed by atoms with Gasteiger partial charge in [0.25, 0.3) is 10.1 Å². The Balaban J connectivity index is 2.84. The van der Waals surface area contributed by atoms with Crippen LogP contribution in [0.1, 0.15) is 25.8 Å².